The van der Waals surface area contributed by atoms with E-state index in [1.807, 2.05) is 0 Å². The fourth-order valence-corrected chi connectivity index (χ4v) is 3.75. The Kier molecular flexibility index (Phi) is 4.31. The molecule has 0 bridgehead atoms. The first kappa shape index (κ1) is 13.9. The summed E-state index contributed by atoms with van der Waals surface area (Å²) in [6, 6.07) is 0. The van der Waals surface area contributed by atoms with E-state index >= 15 is 0 Å². The number of nitrogens with one attached hydrogen (secondary N) is 1. The fraction of sp³-hybridized carbons (Fsp3) is 0.857. The summed E-state index contributed by atoms with van der Waals surface area (Å²) in [7, 11) is 0. The number of halogens is 1. The lowest BCUT2D eigenvalue weighted by Gasteiger charge is -2.39. The molecule has 1 saturated carbocycles. The number of alkyl halides is 1. The summed E-state index contributed by atoms with van der Waals surface area (Å²) in [5.41, 5.74) is 0. The summed E-state index contributed by atoms with van der Waals surface area (Å²) in [6.45, 7) is 4.47. The van der Waals surface area contributed by atoms with Gasteiger partial charge in [0.1, 0.15) is 0 Å². The minimum absolute atomic E-state index is 0.0632. The normalized spacial score (nSPS) is 37.8. The highest BCUT2D eigenvalue weighted by Crippen LogP contribution is 2.42. The van der Waals surface area contributed by atoms with Crippen molar-refractivity contribution in [2.24, 2.45) is 23.7 Å². The van der Waals surface area contributed by atoms with Crippen molar-refractivity contribution >= 4 is 23.4 Å². The fourth-order valence-electron chi connectivity index (χ4n) is 3.34. The first-order valence-corrected chi connectivity index (χ1v) is 7.40. The molecule has 0 radical (unpaired) electrons. The Balaban J connectivity index is 2.05. The number of piperidine rings is 1. The van der Waals surface area contributed by atoms with E-state index in [-0.39, 0.29) is 29.0 Å². The molecule has 2 fully saturated rings. The van der Waals surface area contributed by atoms with Gasteiger partial charge >= 0.3 is 0 Å². The van der Waals surface area contributed by atoms with Crippen molar-refractivity contribution in [2.45, 2.75) is 51.3 Å². The molecule has 0 aromatic carbocycles. The summed E-state index contributed by atoms with van der Waals surface area (Å²) in [4.78, 5) is 23.1. The molecule has 1 aliphatic heterocycles. The van der Waals surface area contributed by atoms with Crippen LogP contribution in [0.15, 0.2) is 0 Å². The highest BCUT2D eigenvalue weighted by molar-refractivity contribution is 6.21. The number of hydrogen-bond donors (Lipinski definition) is 1. The zero-order valence-electron chi connectivity index (χ0n) is 11.1. The van der Waals surface area contributed by atoms with Crippen molar-refractivity contribution < 1.29 is 9.59 Å². The minimum Gasteiger partial charge on any atom is -0.296 e. The molecule has 18 heavy (non-hydrogen) atoms. The molecule has 1 aliphatic carbocycles. The maximum Gasteiger partial charge on any atom is 0.230 e. The molecule has 0 spiro atoms. The number of carbonyl (C=O) groups excluding carboxylic acids is 2. The highest BCUT2D eigenvalue weighted by Gasteiger charge is 2.40. The van der Waals surface area contributed by atoms with E-state index in [4.69, 9.17) is 11.6 Å². The van der Waals surface area contributed by atoms with Gasteiger partial charge in [0.15, 0.2) is 0 Å². The van der Waals surface area contributed by atoms with Crippen LogP contribution in [0.3, 0.4) is 0 Å². The van der Waals surface area contributed by atoms with Gasteiger partial charge in [-0.15, -0.1) is 11.6 Å². The molecular formula is C14H22ClNO2. The first-order valence-electron chi connectivity index (χ1n) is 6.96. The van der Waals surface area contributed by atoms with Crippen LogP contribution >= 0.6 is 11.6 Å². The van der Waals surface area contributed by atoms with Crippen molar-refractivity contribution in [3.05, 3.63) is 0 Å². The second-order valence-electron chi connectivity index (χ2n) is 6.05. The molecule has 0 aromatic heterocycles. The van der Waals surface area contributed by atoms with E-state index in [0.29, 0.717) is 24.7 Å². The van der Waals surface area contributed by atoms with Crippen LogP contribution in [0.25, 0.3) is 0 Å². The number of imide groups is 1. The topological polar surface area (TPSA) is 46.2 Å². The van der Waals surface area contributed by atoms with Crippen LogP contribution in [0.1, 0.15) is 46.0 Å². The number of rotatable bonds is 2. The zero-order valence-corrected chi connectivity index (χ0v) is 11.9. The largest absolute Gasteiger partial charge is 0.296 e. The van der Waals surface area contributed by atoms with Crippen LogP contribution in [0, 0.1) is 23.7 Å². The third-order valence-corrected chi connectivity index (χ3v) is 5.14. The average Bonchev–Trinajstić information content (AvgIpc) is 2.30. The van der Waals surface area contributed by atoms with Crippen molar-refractivity contribution in [1.82, 2.24) is 5.32 Å². The van der Waals surface area contributed by atoms with Crippen molar-refractivity contribution in [1.29, 1.82) is 0 Å². The van der Waals surface area contributed by atoms with Crippen LogP contribution < -0.4 is 5.32 Å². The second-order valence-corrected chi connectivity index (χ2v) is 6.62. The predicted molar refractivity (Wildman–Crippen MR) is 71.2 cm³/mol. The quantitative estimate of drug-likeness (QED) is 0.620. The van der Waals surface area contributed by atoms with Gasteiger partial charge in [0.25, 0.3) is 0 Å². The molecule has 102 valence electrons. The Bertz CT molecular complexity index is 343. The van der Waals surface area contributed by atoms with E-state index in [0.717, 1.165) is 19.3 Å². The molecule has 0 aromatic rings. The van der Waals surface area contributed by atoms with E-state index in [1.165, 1.54) is 0 Å². The van der Waals surface area contributed by atoms with E-state index in [2.05, 4.69) is 19.2 Å². The summed E-state index contributed by atoms with van der Waals surface area (Å²) in [5.74, 6) is 1.23. The Morgan fingerprint density at radius 1 is 1.22 bits per heavy atom. The molecule has 4 heteroatoms. The van der Waals surface area contributed by atoms with Gasteiger partial charge in [0.05, 0.1) is 0 Å². The van der Waals surface area contributed by atoms with Gasteiger partial charge in [0.2, 0.25) is 11.8 Å². The molecule has 3 nitrogen and oxygen atoms in total. The van der Waals surface area contributed by atoms with Gasteiger partial charge in [-0.2, -0.15) is 0 Å². The van der Waals surface area contributed by atoms with Gasteiger partial charge in [-0.3, -0.25) is 14.9 Å². The lowest BCUT2D eigenvalue weighted by atomic mass is 9.69. The van der Waals surface area contributed by atoms with E-state index in [9.17, 15) is 9.59 Å². The van der Waals surface area contributed by atoms with Crippen LogP contribution in [-0.4, -0.2) is 17.2 Å². The standard InChI is InChI=1S/C14H22ClNO2/c1-8(2)9-3-5-12(15)11(7-9)10-4-6-13(17)16-14(10)18/h8-12H,3-7H2,1-2H3,(H,16,17,18). The van der Waals surface area contributed by atoms with Crippen molar-refractivity contribution in [3.8, 4) is 0 Å². The predicted octanol–water partition coefficient (Wildman–Crippen LogP) is 2.72. The smallest absolute Gasteiger partial charge is 0.230 e. The van der Waals surface area contributed by atoms with Gasteiger partial charge in [-0.25, -0.2) is 0 Å². The Hall–Kier alpha value is -0.570. The first-order chi connectivity index (χ1) is 8.49. The average molecular weight is 272 g/mol. The zero-order chi connectivity index (χ0) is 13.3. The summed E-state index contributed by atoms with van der Waals surface area (Å²) in [5, 5.41) is 2.54. The third kappa shape index (κ3) is 2.87. The lowest BCUT2D eigenvalue weighted by molar-refractivity contribution is -0.138. The molecular weight excluding hydrogens is 250 g/mol. The van der Waals surface area contributed by atoms with Crippen LogP contribution in [0.4, 0.5) is 0 Å². The molecule has 1 saturated heterocycles. The molecule has 4 atom stereocenters. The molecule has 4 unspecified atom stereocenters. The minimum atomic E-state index is -0.140. The maximum absolute atomic E-state index is 11.9. The second kappa shape index (κ2) is 5.60. The van der Waals surface area contributed by atoms with E-state index < -0.39 is 0 Å². The van der Waals surface area contributed by atoms with Crippen LogP contribution in [0.5, 0.6) is 0 Å². The summed E-state index contributed by atoms with van der Waals surface area (Å²) < 4.78 is 0. The van der Waals surface area contributed by atoms with E-state index in [1.54, 1.807) is 0 Å². The van der Waals surface area contributed by atoms with Gasteiger partial charge in [-0.1, -0.05) is 13.8 Å². The number of carbonyl (C=O) groups is 2. The summed E-state index contributed by atoms with van der Waals surface area (Å²) >= 11 is 6.42. The summed E-state index contributed by atoms with van der Waals surface area (Å²) in [6.07, 6.45) is 4.31. The van der Waals surface area contributed by atoms with Crippen molar-refractivity contribution in [2.75, 3.05) is 0 Å². The Labute approximate surface area is 114 Å². The third-order valence-electron chi connectivity index (χ3n) is 4.59. The van der Waals surface area contributed by atoms with Gasteiger partial charge in [0, 0.05) is 17.7 Å². The number of amides is 2. The van der Waals surface area contributed by atoms with Crippen molar-refractivity contribution in [3.63, 3.8) is 0 Å². The molecule has 1 heterocycles. The lowest BCUT2D eigenvalue weighted by Crippen LogP contribution is -2.47. The maximum atomic E-state index is 11.9. The number of hydrogen-bond acceptors (Lipinski definition) is 2. The SMILES string of the molecule is CC(C)C1CCC(Cl)C(C2CCC(=O)NC2=O)C1. The molecule has 2 amide bonds. The Morgan fingerprint density at radius 2 is 1.94 bits per heavy atom. The van der Waals surface area contributed by atoms with Gasteiger partial charge < -0.3 is 0 Å². The highest BCUT2D eigenvalue weighted by atomic mass is 35.5. The molecule has 2 aliphatic rings. The monoisotopic (exact) mass is 271 g/mol. The molecule has 1 N–H and O–H groups in total. The Morgan fingerprint density at radius 3 is 2.56 bits per heavy atom. The van der Waals surface area contributed by atoms with Crippen LogP contribution in [-0.2, 0) is 9.59 Å². The van der Waals surface area contributed by atoms with Gasteiger partial charge in [-0.05, 0) is 43.4 Å². The molecule has 2 rings (SSSR count). The van der Waals surface area contributed by atoms with Crippen LogP contribution in [0.2, 0.25) is 0 Å².